The molecule has 1 fully saturated rings. The van der Waals surface area contributed by atoms with E-state index in [2.05, 4.69) is 17.1 Å². The highest BCUT2D eigenvalue weighted by molar-refractivity contribution is 7.10. The molecule has 156 valence electrons. The third-order valence-electron chi connectivity index (χ3n) is 5.42. The van der Waals surface area contributed by atoms with E-state index in [4.69, 9.17) is 0 Å². The molecule has 1 aliphatic carbocycles. The van der Waals surface area contributed by atoms with Crippen molar-refractivity contribution in [3.05, 3.63) is 46.2 Å². The number of nitrogens with zero attached hydrogens (tertiary/aromatic N) is 2. The van der Waals surface area contributed by atoms with E-state index < -0.39 is 0 Å². The van der Waals surface area contributed by atoms with Gasteiger partial charge in [-0.2, -0.15) is 0 Å². The Morgan fingerprint density at radius 3 is 2.59 bits per heavy atom. The molecular formula is C23H31N3O2S. The number of carbonyl (C=O) groups is 2. The average molecular weight is 414 g/mol. The first-order valence-corrected chi connectivity index (χ1v) is 11.3. The van der Waals surface area contributed by atoms with Crippen LogP contribution in [0.5, 0.6) is 0 Å². The SMILES string of the molecule is CCCN(Cc1cc(NC(=O)C2CCC2)ccc1N(C)C)C(=O)Cc1cccs1. The maximum atomic E-state index is 12.9. The molecule has 0 saturated heterocycles. The molecule has 1 heterocycles. The van der Waals surface area contributed by atoms with Gasteiger partial charge < -0.3 is 15.1 Å². The summed E-state index contributed by atoms with van der Waals surface area (Å²) in [6.07, 6.45) is 4.45. The van der Waals surface area contributed by atoms with Crippen molar-refractivity contribution in [1.82, 2.24) is 4.90 Å². The van der Waals surface area contributed by atoms with Gasteiger partial charge in [-0.15, -0.1) is 11.3 Å². The number of rotatable bonds is 9. The lowest BCUT2D eigenvalue weighted by Gasteiger charge is -2.27. The molecule has 0 aliphatic heterocycles. The second-order valence-corrected chi connectivity index (χ2v) is 8.96. The Labute approximate surface area is 177 Å². The van der Waals surface area contributed by atoms with Crippen LogP contribution in [-0.4, -0.2) is 37.4 Å². The van der Waals surface area contributed by atoms with E-state index in [1.807, 2.05) is 54.7 Å². The molecule has 1 aromatic carbocycles. The van der Waals surface area contributed by atoms with Gasteiger partial charge in [0.15, 0.2) is 0 Å². The van der Waals surface area contributed by atoms with Gasteiger partial charge >= 0.3 is 0 Å². The molecule has 1 saturated carbocycles. The summed E-state index contributed by atoms with van der Waals surface area (Å²) < 4.78 is 0. The van der Waals surface area contributed by atoms with Crippen molar-refractivity contribution < 1.29 is 9.59 Å². The minimum atomic E-state index is 0.110. The minimum absolute atomic E-state index is 0.110. The standard InChI is InChI=1S/C23H31N3O2S/c1-4-12-26(22(27)15-20-9-6-13-29-20)16-18-14-19(10-11-21(18)25(2)3)24-23(28)17-7-5-8-17/h6,9-11,13-14,17H,4-5,7-8,12,15-16H2,1-3H3,(H,24,28). The number of benzene rings is 1. The highest BCUT2D eigenvalue weighted by Crippen LogP contribution is 2.29. The average Bonchev–Trinajstić information content (AvgIpc) is 3.12. The number of hydrogen-bond acceptors (Lipinski definition) is 4. The predicted molar refractivity (Wildman–Crippen MR) is 120 cm³/mol. The molecule has 1 aliphatic rings. The molecular weight excluding hydrogens is 382 g/mol. The van der Waals surface area contributed by atoms with Crippen molar-refractivity contribution >= 4 is 34.5 Å². The van der Waals surface area contributed by atoms with Crippen molar-refractivity contribution in [3.63, 3.8) is 0 Å². The number of carbonyl (C=O) groups excluding carboxylic acids is 2. The second-order valence-electron chi connectivity index (χ2n) is 7.93. The van der Waals surface area contributed by atoms with Gasteiger partial charge in [-0.1, -0.05) is 19.4 Å². The van der Waals surface area contributed by atoms with Crippen LogP contribution in [0.1, 0.15) is 43.0 Å². The summed E-state index contributed by atoms with van der Waals surface area (Å²) in [5.74, 6) is 0.401. The molecule has 0 unspecified atom stereocenters. The summed E-state index contributed by atoms with van der Waals surface area (Å²) in [5, 5.41) is 5.07. The van der Waals surface area contributed by atoms with Crippen molar-refractivity contribution in [2.45, 2.75) is 45.6 Å². The largest absolute Gasteiger partial charge is 0.377 e. The van der Waals surface area contributed by atoms with Crippen LogP contribution in [0, 0.1) is 5.92 Å². The van der Waals surface area contributed by atoms with Crippen molar-refractivity contribution in [2.24, 2.45) is 5.92 Å². The maximum absolute atomic E-state index is 12.9. The highest BCUT2D eigenvalue weighted by Gasteiger charge is 2.25. The van der Waals surface area contributed by atoms with E-state index >= 15 is 0 Å². The number of hydrogen-bond donors (Lipinski definition) is 1. The molecule has 1 N–H and O–H groups in total. The normalized spacial score (nSPS) is 13.6. The van der Waals surface area contributed by atoms with Crippen LogP contribution in [0.15, 0.2) is 35.7 Å². The topological polar surface area (TPSA) is 52.7 Å². The summed E-state index contributed by atoms with van der Waals surface area (Å²) in [6, 6.07) is 9.99. The fourth-order valence-corrected chi connectivity index (χ4v) is 4.28. The highest BCUT2D eigenvalue weighted by atomic mass is 32.1. The van der Waals surface area contributed by atoms with Crippen molar-refractivity contribution in [2.75, 3.05) is 30.9 Å². The van der Waals surface area contributed by atoms with Crippen molar-refractivity contribution in [3.8, 4) is 0 Å². The van der Waals surface area contributed by atoms with Crippen LogP contribution >= 0.6 is 11.3 Å². The number of amides is 2. The molecule has 0 radical (unpaired) electrons. The lowest BCUT2D eigenvalue weighted by molar-refractivity contribution is -0.131. The number of thiophene rings is 1. The number of anilines is 2. The first-order valence-electron chi connectivity index (χ1n) is 10.4. The third-order valence-corrected chi connectivity index (χ3v) is 6.29. The molecule has 0 spiro atoms. The number of nitrogens with one attached hydrogen (secondary N) is 1. The van der Waals surface area contributed by atoms with E-state index in [0.29, 0.717) is 13.0 Å². The molecule has 29 heavy (non-hydrogen) atoms. The van der Waals surface area contributed by atoms with E-state index in [0.717, 1.165) is 54.0 Å². The monoisotopic (exact) mass is 413 g/mol. The molecule has 6 heteroatoms. The maximum Gasteiger partial charge on any atom is 0.228 e. The van der Waals surface area contributed by atoms with Gasteiger partial charge in [0.2, 0.25) is 11.8 Å². The second kappa shape index (κ2) is 9.92. The van der Waals surface area contributed by atoms with Gasteiger partial charge in [0, 0.05) is 49.4 Å². The zero-order chi connectivity index (χ0) is 20.8. The molecule has 0 atom stereocenters. The van der Waals surface area contributed by atoms with Gasteiger partial charge in [-0.25, -0.2) is 0 Å². The van der Waals surface area contributed by atoms with E-state index in [9.17, 15) is 9.59 Å². The molecule has 2 amide bonds. The van der Waals surface area contributed by atoms with Crippen molar-refractivity contribution in [1.29, 1.82) is 0 Å². The lowest BCUT2D eigenvalue weighted by Crippen LogP contribution is -2.33. The smallest absolute Gasteiger partial charge is 0.228 e. The van der Waals surface area contributed by atoms with Crippen LogP contribution in [0.3, 0.4) is 0 Å². The van der Waals surface area contributed by atoms with Gasteiger partial charge in [0.1, 0.15) is 0 Å². The van der Waals surface area contributed by atoms with Crippen LogP contribution < -0.4 is 10.2 Å². The van der Waals surface area contributed by atoms with Crippen LogP contribution in [0.4, 0.5) is 11.4 Å². The van der Waals surface area contributed by atoms with Crippen LogP contribution in [0.25, 0.3) is 0 Å². The Hall–Kier alpha value is -2.34. The Balaban J connectivity index is 1.77. The molecule has 1 aromatic heterocycles. The quantitative estimate of drug-likeness (QED) is 0.657. The van der Waals surface area contributed by atoms with Gasteiger partial charge in [0.05, 0.1) is 6.42 Å². The summed E-state index contributed by atoms with van der Waals surface area (Å²) >= 11 is 1.62. The predicted octanol–water partition coefficient (Wildman–Crippen LogP) is 4.53. The van der Waals surface area contributed by atoms with E-state index in [1.165, 1.54) is 0 Å². The Bertz CT molecular complexity index is 829. The summed E-state index contributed by atoms with van der Waals surface area (Å²) in [4.78, 5) is 30.4. The summed E-state index contributed by atoms with van der Waals surface area (Å²) in [5.41, 5.74) is 2.93. The zero-order valence-electron chi connectivity index (χ0n) is 17.6. The summed E-state index contributed by atoms with van der Waals surface area (Å²) in [6.45, 7) is 3.35. The molecule has 0 bridgehead atoms. The summed E-state index contributed by atoms with van der Waals surface area (Å²) in [7, 11) is 4.01. The lowest BCUT2D eigenvalue weighted by atomic mass is 9.85. The Morgan fingerprint density at radius 2 is 2.00 bits per heavy atom. The van der Waals surface area contributed by atoms with Crippen LogP contribution in [0.2, 0.25) is 0 Å². The third kappa shape index (κ3) is 5.60. The van der Waals surface area contributed by atoms with Gasteiger partial charge in [-0.3, -0.25) is 9.59 Å². The van der Waals surface area contributed by atoms with Crippen LogP contribution in [-0.2, 0) is 22.6 Å². The Kier molecular flexibility index (Phi) is 7.31. The molecule has 5 nitrogen and oxygen atoms in total. The minimum Gasteiger partial charge on any atom is -0.377 e. The molecule has 2 aromatic rings. The first-order chi connectivity index (χ1) is 14.0. The van der Waals surface area contributed by atoms with E-state index in [1.54, 1.807) is 11.3 Å². The molecule has 3 rings (SSSR count). The Morgan fingerprint density at radius 1 is 1.21 bits per heavy atom. The van der Waals surface area contributed by atoms with E-state index in [-0.39, 0.29) is 17.7 Å². The first kappa shape index (κ1) is 21.4. The van der Waals surface area contributed by atoms with Gasteiger partial charge in [-0.05, 0) is 54.5 Å². The van der Waals surface area contributed by atoms with Gasteiger partial charge in [0.25, 0.3) is 0 Å². The zero-order valence-corrected chi connectivity index (χ0v) is 18.4. The fraction of sp³-hybridized carbons (Fsp3) is 0.478. The fourth-order valence-electron chi connectivity index (χ4n) is 3.58.